The monoisotopic (exact) mass is 444 g/mol. The third-order valence-corrected chi connectivity index (χ3v) is 4.10. The van der Waals surface area contributed by atoms with Crippen LogP contribution in [0.1, 0.15) is 45.1 Å². The minimum absolute atomic E-state index is 0. The number of carbonyl (C=O) groups is 1. The maximum atomic E-state index is 11.7. The quantitative estimate of drug-likeness (QED) is 0.424. The Hall–Kier alpha value is -1.31. The maximum absolute atomic E-state index is 11.7. The summed E-state index contributed by atoms with van der Waals surface area (Å²) in [5, 5.41) is 2.88. The first kappa shape index (κ1) is 20.7. The lowest BCUT2D eigenvalue weighted by Gasteiger charge is -2.21. The molecule has 24 heavy (non-hydrogen) atoms. The van der Waals surface area contributed by atoms with Gasteiger partial charge in [0, 0.05) is 24.7 Å². The Kier molecular flexibility index (Phi) is 9.10. The second-order valence-corrected chi connectivity index (χ2v) is 6.42. The summed E-state index contributed by atoms with van der Waals surface area (Å²) in [6.45, 7) is 6.35. The first-order valence-corrected chi connectivity index (χ1v) is 8.51. The Balaban J connectivity index is 0.00000288. The van der Waals surface area contributed by atoms with Crippen molar-refractivity contribution in [2.45, 2.75) is 46.1 Å². The van der Waals surface area contributed by atoms with Gasteiger partial charge < -0.3 is 16.0 Å². The van der Waals surface area contributed by atoms with Gasteiger partial charge in [-0.15, -0.1) is 24.0 Å². The lowest BCUT2D eigenvalue weighted by molar-refractivity contribution is -0.118. The predicted molar refractivity (Wildman–Crippen MR) is 111 cm³/mol. The minimum Gasteiger partial charge on any atom is -0.370 e. The number of hydrogen-bond acceptors (Lipinski definition) is 2. The summed E-state index contributed by atoms with van der Waals surface area (Å²) in [6, 6.07) is 7.78. The number of carbonyl (C=O) groups excluding carboxylic acids is 1. The molecular formula is C18H29IN4O. The van der Waals surface area contributed by atoms with Gasteiger partial charge in [-0.3, -0.25) is 4.79 Å². The van der Waals surface area contributed by atoms with Crippen molar-refractivity contribution < 1.29 is 4.79 Å². The number of nitrogens with zero attached hydrogens (tertiary/aromatic N) is 2. The summed E-state index contributed by atoms with van der Waals surface area (Å²) in [4.78, 5) is 18.4. The van der Waals surface area contributed by atoms with Gasteiger partial charge in [0.25, 0.3) is 0 Å². The number of rotatable bonds is 4. The van der Waals surface area contributed by atoms with E-state index in [-0.39, 0.29) is 35.8 Å². The number of nitrogens with two attached hydrogens (primary N) is 1. The number of nitrogens with one attached hydrogen (secondary N) is 1. The van der Waals surface area contributed by atoms with Gasteiger partial charge >= 0.3 is 0 Å². The zero-order valence-electron chi connectivity index (χ0n) is 14.6. The smallest absolute Gasteiger partial charge is 0.226 e. The van der Waals surface area contributed by atoms with Crippen LogP contribution in [0.15, 0.2) is 29.3 Å². The standard InChI is InChI=1S/C18H28N4O.HI/c1-14(2)17(23)21-16-9-7-15(8-10-16)13-20-18(19)22-11-5-3-4-6-12-22;/h7-10,14H,3-6,11-13H2,1-2H3,(H2,19,20)(H,21,23);1H. The van der Waals surface area contributed by atoms with Gasteiger partial charge in [-0.25, -0.2) is 4.99 Å². The SMILES string of the molecule is CC(C)C(=O)Nc1ccc(CN=C(N)N2CCCCCC2)cc1.I. The van der Waals surface area contributed by atoms with E-state index < -0.39 is 0 Å². The van der Waals surface area contributed by atoms with E-state index in [9.17, 15) is 4.79 Å². The highest BCUT2D eigenvalue weighted by Gasteiger charge is 2.10. The van der Waals surface area contributed by atoms with Gasteiger partial charge in [0.15, 0.2) is 5.96 Å². The highest BCUT2D eigenvalue weighted by atomic mass is 127. The highest BCUT2D eigenvalue weighted by molar-refractivity contribution is 14.0. The zero-order valence-corrected chi connectivity index (χ0v) is 17.0. The molecule has 0 aliphatic carbocycles. The van der Waals surface area contributed by atoms with Crippen LogP contribution < -0.4 is 11.1 Å². The molecular weight excluding hydrogens is 415 g/mol. The second kappa shape index (κ2) is 10.5. The van der Waals surface area contributed by atoms with Crippen molar-refractivity contribution in [3.05, 3.63) is 29.8 Å². The third-order valence-electron chi connectivity index (χ3n) is 4.10. The Morgan fingerprint density at radius 1 is 1.17 bits per heavy atom. The van der Waals surface area contributed by atoms with Crippen molar-refractivity contribution >= 4 is 41.5 Å². The molecule has 1 fully saturated rings. The van der Waals surface area contributed by atoms with E-state index in [2.05, 4.69) is 15.2 Å². The molecule has 0 spiro atoms. The van der Waals surface area contributed by atoms with Crippen LogP contribution in [0.25, 0.3) is 0 Å². The Morgan fingerprint density at radius 3 is 2.29 bits per heavy atom. The van der Waals surface area contributed by atoms with Crippen molar-refractivity contribution in [1.82, 2.24) is 4.90 Å². The molecule has 0 unspecified atom stereocenters. The molecule has 1 saturated heterocycles. The highest BCUT2D eigenvalue weighted by Crippen LogP contribution is 2.13. The van der Waals surface area contributed by atoms with E-state index >= 15 is 0 Å². The number of guanidine groups is 1. The Morgan fingerprint density at radius 2 is 1.75 bits per heavy atom. The fraction of sp³-hybridized carbons (Fsp3) is 0.556. The van der Waals surface area contributed by atoms with Crippen molar-refractivity contribution in [1.29, 1.82) is 0 Å². The largest absolute Gasteiger partial charge is 0.370 e. The summed E-state index contributed by atoms with van der Waals surface area (Å²) >= 11 is 0. The number of halogens is 1. The van der Waals surface area contributed by atoms with Crippen LogP contribution in [0.5, 0.6) is 0 Å². The molecule has 5 nitrogen and oxygen atoms in total. The predicted octanol–water partition coefficient (Wildman–Crippen LogP) is 3.59. The summed E-state index contributed by atoms with van der Waals surface area (Å²) in [7, 11) is 0. The van der Waals surface area contributed by atoms with Gasteiger partial charge in [-0.1, -0.05) is 38.8 Å². The fourth-order valence-corrected chi connectivity index (χ4v) is 2.55. The third kappa shape index (κ3) is 6.67. The zero-order chi connectivity index (χ0) is 16.7. The molecule has 0 saturated carbocycles. The number of aliphatic imine (C=N–C) groups is 1. The molecule has 1 aromatic rings. The van der Waals surface area contributed by atoms with Gasteiger partial charge in [0.05, 0.1) is 6.54 Å². The molecule has 1 aromatic carbocycles. The molecule has 0 atom stereocenters. The average molecular weight is 444 g/mol. The molecule has 1 aliphatic heterocycles. The summed E-state index contributed by atoms with van der Waals surface area (Å²) in [6.07, 6.45) is 4.96. The van der Waals surface area contributed by atoms with E-state index in [4.69, 9.17) is 5.73 Å². The number of benzene rings is 1. The van der Waals surface area contributed by atoms with Crippen LogP contribution in [0, 0.1) is 5.92 Å². The van der Waals surface area contributed by atoms with Crippen LogP contribution in [-0.2, 0) is 11.3 Å². The van der Waals surface area contributed by atoms with Crippen molar-refractivity contribution in [3.8, 4) is 0 Å². The number of likely N-dealkylation sites (tertiary alicyclic amines) is 1. The lowest BCUT2D eigenvalue weighted by atomic mass is 10.2. The van der Waals surface area contributed by atoms with E-state index in [1.54, 1.807) is 0 Å². The summed E-state index contributed by atoms with van der Waals surface area (Å²) < 4.78 is 0. The molecule has 1 amide bonds. The first-order valence-electron chi connectivity index (χ1n) is 8.51. The number of hydrogen-bond donors (Lipinski definition) is 2. The second-order valence-electron chi connectivity index (χ2n) is 6.42. The Bertz CT molecular complexity index is 534. The molecule has 1 aliphatic rings. The fourth-order valence-electron chi connectivity index (χ4n) is 2.55. The van der Waals surface area contributed by atoms with Crippen molar-refractivity contribution in [2.24, 2.45) is 16.6 Å². The van der Waals surface area contributed by atoms with E-state index in [1.807, 2.05) is 38.1 Å². The molecule has 0 bridgehead atoms. The molecule has 6 heteroatoms. The van der Waals surface area contributed by atoms with Crippen LogP contribution >= 0.6 is 24.0 Å². The lowest BCUT2D eigenvalue weighted by Crippen LogP contribution is -2.38. The van der Waals surface area contributed by atoms with Crippen LogP contribution in [-0.4, -0.2) is 29.9 Å². The van der Waals surface area contributed by atoms with Crippen molar-refractivity contribution in [2.75, 3.05) is 18.4 Å². The molecule has 2 rings (SSSR count). The molecule has 0 aromatic heterocycles. The average Bonchev–Trinajstić information content (AvgIpc) is 2.83. The summed E-state index contributed by atoms with van der Waals surface area (Å²) in [5.74, 6) is 0.651. The van der Waals surface area contributed by atoms with Gasteiger partial charge in [-0.05, 0) is 30.5 Å². The first-order chi connectivity index (χ1) is 11.1. The van der Waals surface area contributed by atoms with Gasteiger partial charge in [-0.2, -0.15) is 0 Å². The van der Waals surface area contributed by atoms with Gasteiger partial charge in [0.1, 0.15) is 0 Å². The van der Waals surface area contributed by atoms with Gasteiger partial charge in [0.2, 0.25) is 5.91 Å². The topological polar surface area (TPSA) is 70.7 Å². The number of amides is 1. The van der Waals surface area contributed by atoms with E-state index in [0.29, 0.717) is 12.5 Å². The maximum Gasteiger partial charge on any atom is 0.226 e. The molecule has 134 valence electrons. The molecule has 0 radical (unpaired) electrons. The summed E-state index contributed by atoms with van der Waals surface area (Å²) in [5.41, 5.74) is 8.02. The molecule has 3 N–H and O–H groups in total. The van der Waals surface area contributed by atoms with Crippen LogP contribution in [0.2, 0.25) is 0 Å². The van der Waals surface area contributed by atoms with Crippen LogP contribution in [0.3, 0.4) is 0 Å². The normalized spacial score (nSPS) is 15.6. The van der Waals surface area contributed by atoms with Crippen LogP contribution in [0.4, 0.5) is 5.69 Å². The Labute approximate surface area is 162 Å². The number of anilines is 1. The van der Waals surface area contributed by atoms with E-state index in [0.717, 1.165) is 24.3 Å². The van der Waals surface area contributed by atoms with E-state index in [1.165, 1.54) is 25.7 Å². The minimum atomic E-state index is -0.0206. The van der Waals surface area contributed by atoms with Crippen molar-refractivity contribution in [3.63, 3.8) is 0 Å². The molecule has 1 heterocycles.